The molecule has 1 atom stereocenters. The maximum Gasteiger partial charge on any atom is 0.307 e. The number of nitrogens with zero attached hydrogens (tertiary/aromatic N) is 1. The summed E-state index contributed by atoms with van der Waals surface area (Å²) in [6, 6.07) is 5.32. The Morgan fingerprint density at radius 1 is 1.50 bits per heavy atom. The molecule has 0 aromatic heterocycles. The number of halogens is 1. The lowest BCUT2D eigenvalue weighted by Gasteiger charge is -2.15. The van der Waals surface area contributed by atoms with Crippen LogP contribution in [-0.4, -0.2) is 41.5 Å². The molecule has 1 unspecified atom stereocenters. The lowest BCUT2D eigenvalue weighted by Crippen LogP contribution is -2.32. The smallest absolute Gasteiger partial charge is 0.307 e. The second kappa shape index (κ2) is 6.24. The highest BCUT2D eigenvalue weighted by molar-refractivity contribution is 6.31. The minimum absolute atomic E-state index is 0.151. The number of nitrogens with one attached hydrogen (secondary N) is 1. The minimum atomic E-state index is -0.793. The molecule has 0 radical (unpaired) electrons. The Kier molecular flexibility index (Phi) is 4.62. The van der Waals surface area contributed by atoms with Gasteiger partial charge < -0.3 is 10.4 Å². The van der Waals surface area contributed by atoms with Gasteiger partial charge in [0.2, 0.25) is 5.91 Å². The summed E-state index contributed by atoms with van der Waals surface area (Å²) >= 11 is 5.90. The van der Waals surface area contributed by atoms with Crippen LogP contribution in [0.15, 0.2) is 18.2 Å². The van der Waals surface area contributed by atoms with E-state index in [0.29, 0.717) is 30.2 Å². The first-order valence-corrected chi connectivity index (χ1v) is 6.84. The average molecular weight is 297 g/mol. The normalized spacial score (nSPS) is 19.0. The van der Waals surface area contributed by atoms with Crippen molar-refractivity contribution in [1.29, 1.82) is 0 Å². The predicted octanol–water partition coefficient (Wildman–Crippen LogP) is 1.99. The van der Waals surface area contributed by atoms with Crippen molar-refractivity contribution < 1.29 is 14.7 Å². The Morgan fingerprint density at radius 2 is 2.25 bits per heavy atom. The van der Waals surface area contributed by atoms with Gasteiger partial charge in [0.25, 0.3) is 0 Å². The number of anilines is 1. The van der Waals surface area contributed by atoms with E-state index in [-0.39, 0.29) is 18.4 Å². The van der Waals surface area contributed by atoms with Crippen molar-refractivity contribution in [2.75, 3.05) is 25.0 Å². The number of likely N-dealkylation sites (tertiary alicyclic amines) is 1. The molecular formula is C14H17ClN2O3. The lowest BCUT2D eigenvalue weighted by molar-refractivity contribution is -0.141. The summed E-state index contributed by atoms with van der Waals surface area (Å²) < 4.78 is 0. The van der Waals surface area contributed by atoms with Crippen LogP contribution >= 0.6 is 11.6 Å². The van der Waals surface area contributed by atoms with Crippen LogP contribution < -0.4 is 5.32 Å². The third-order valence-corrected chi connectivity index (χ3v) is 3.70. The lowest BCUT2D eigenvalue weighted by atomic mass is 10.1. The summed E-state index contributed by atoms with van der Waals surface area (Å²) in [5, 5.41) is 12.3. The van der Waals surface area contributed by atoms with Crippen molar-refractivity contribution in [2.24, 2.45) is 5.92 Å². The minimum Gasteiger partial charge on any atom is -0.481 e. The molecule has 2 rings (SSSR count). The first kappa shape index (κ1) is 14.8. The topological polar surface area (TPSA) is 69.6 Å². The molecular weight excluding hydrogens is 280 g/mol. The number of carboxylic acid groups (broad SMARTS) is 1. The van der Waals surface area contributed by atoms with E-state index in [1.807, 2.05) is 17.9 Å². The number of aliphatic carboxylic acids is 1. The van der Waals surface area contributed by atoms with E-state index in [4.69, 9.17) is 16.7 Å². The summed E-state index contributed by atoms with van der Waals surface area (Å²) in [5.74, 6) is -1.31. The second-order valence-corrected chi connectivity index (χ2v) is 5.50. The van der Waals surface area contributed by atoms with Crippen molar-refractivity contribution in [2.45, 2.75) is 13.3 Å². The van der Waals surface area contributed by atoms with E-state index >= 15 is 0 Å². The van der Waals surface area contributed by atoms with E-state index in [1.54, 1.807) is 12.1 Å². The fraction of sp³-hybridized carbons (Fsp3) is 0.429. The zero-order valence-corrected chi connectivity index (χ0v) is 12.0. The largest absolute Gasteiger partial charge is 0.481 e. The highest BCUT2D eigenvalue weighted by Gasteiger charge is 2.28. The van der Waals surface area contributed by atoms with Gasteiger partial charge in [-0.2, -0.15) is 0 Å². The summed E-state index contributed by atoms with van der Waals surface area (Å²) in [5.41, 5.74) is 1.63. The van der Waals surface area contributed by atoms with Crippen LogP contribution in [0.1, 0.15) is 12.0 Å². The van der Waals surface area contributed by atoms with Crippen LogP contribution in [0, 0.1) is 12.8 Å². The molecule has 20 heavy (non-hydrogen) atoms. The number of carbonyl (C=O) groups is 2. The molecule has 0 aliphatic carbocycles. The van der Waals surface area contributed by atoms with Gasteiger partial charge in [-0.3, -0.25) is 14.5 Å². The number of hydrogen-bond acceptors (Lipinski definition) is 3. The van der Waals surface area contributed by atoms with Crippen LogP contribution in [0.5, 0.6) is 0 Å². The number of carboxylic acids is 1. The fourth-order valence-electron chi connectivity index (χ4n) is 2.30. The van der Waals surface area contributed by atoms with E-state index in [2.05, 4.69) is 5.32 Å². The molecule has 108 valence electrons. The van der Waals surface area contributed by atoms with Crippen molar-refractivity contribution in [3.63, 3.8) is 0 Å². The number of amides is 1. The molecule has 0 spiro atoms. The van der Waals surface area contributed by atoms with Gasteiger partial charge in [0, 0.05) is 17.3 Å². The highest BCUT2D eigenvalue weighted by atomic mass is 35.5. The molecule has 0 saturated carbocycles. The molecule has 1 aromatic carbocycles. The first-order chi connectivity index (χ1) is 9.45. The molecule has 1 saturated heterocycles. The van der Waals surface area contributed by atoms with Crippen molar-refractivity contribution in [3.8, 4) is 0 Å². The Bertz CT molecular complexity index is 533. The monoisotopic (exact) mass is 296 g/mol. The first-order valence-electron chi connectivity index (χ1n) is 6.47. The molecule has 0 bridgehead atoms. The van der Waals surface area contributed by atoms with Crippen LogP contribution in [0.3, 0.4) is 0 Å². The molecule has 1 fully saturated rings. The number of hydrogen-bond donors (Lipinski definition) is 2. The average Bonchev–Trinajstić information content (AvgIpc) is 2.82. The van der Waals surface area contributed by atoms with E-state index in [1.165, 1.54) is 0 Å². The summed E-state index contributed by atoms with van der Waals surface area (Å²) in [6.45, 7) is 3.16. The Balaban J connectivity index is 1.90. The molecule has 1 aliphatic heterocycles. The molecule has 1 aliphatic rings. The number of carbonyl (C=O) groups excluding carboxylic acids is 1. The number of benzene rings is 1. The van der Waals surface area contributed by atoms with Gasteiger partial charge in [-0.25, -0.2) is 0 Å². The van der Waals surface area contributed by atoms with Crippen molar-refractivity contribution in [1.82, 2.24) is 4.90 Å². The van der Waals surface area contributed by atoms with Gasteiger partial charge in [0.15, 0.2) is 0 Å². The molecule has 5 nitrogen and oxygen atoms in total. The number of rotatable bonds is 4. The number of aryl methyl sites for hydroxylation is 1. The van der Waals surface area contributed by atoms with Crippen molar-refractivity contribution in [3.05, 3.63) is 28.8 Å². The molecule has 1 aromatic rings. The van der Waals surface area contributed by atoms with E-state index in [0.717, 1.165) is 5.56 Å². The fourth-order valence-corrected chi connectivity index (χ4v) is 2.47. The maximum absolute atomic E-state index is 12.0. The SMILES string of the molecule is Cc1ccc(Cl)cc1NC(=O)CN1CCC(C(=O)O)C1. The maximum atomic E-state index is 12.0. The Hall–Kier alpha value is -1.59. The van der Waals surface area contributed by atoms with E-state index < -0.39 is 5.97 Å². The molecule has 1 amide bonds. The Morgan fingerprint density at radius 3 is 2.90 bits per heavy atom. The van der Waals surface area contributed by atoms with Crippen LogP contribution in [0.2, 0.25) is 5.02 Å². The van der Waals surface area contributed by atoms with Crippen LogP contribution in [0.25, 0.3) is 0 Å². The predicted molar refractivity (Wildman–Crippen MR) is 77.0 cm³/mol. The van der Waals surface area contributed by atoms with Gasteiger partial charge in [-0.05, 0) is 37.6 Å². The third-order valence-electron chi connectivity index (χ3n) is 3.46. The van der Waals surface area contributed by atoms with Crippen LogP contribution in [-0.2, 0) is 9.59 Å². The summed E-state index contributed by atoms with van der Waals surface area (Å²) in [7, 11) is 0. The standard InChI is InChI=1S/C14H17ClN2O3/c1-9-2-3-11(15)6-12(9)16-13(18)8-17-5-4-10(7-17)14(19)20/h2-3,6,10H,4-5,7-8H2,1H3,(H,16,18)(H,19,20). The van der Waals surface area contributed by atoms with E-state index in [9.17, 15) is 9.59 Å². The zero-order valence-electron chi connectivity index (χ0n) is 11.2. The third kappa shape index (κ3) is 3.71. The quantitative estimate of drug-likeness (QED) is 0.891. The molecule has 1 heterocycles. The Labute approximate surface area is 122 Å². The zero-order chi connectivity index (χ0) is 14.7. The molecule has 6 heteroatoms. The van der Waals surface area contributed by atoms with Gasteiger partial charge in [-0.15, -0.1) is 0 Å². The van der Waals surface area contributed by atoms with Crippen molar-refractivity contribution >= 4 is 29.2 Å². The van der Waals surface area contributed by atoms with Gasteiger partial charge in [-0.1, -0.05) is 17.7 Å². The summed E-state index contributed by atoms with van der Waals surface area (Å²) in [6.07, 6.45) is 0.596. The van der Waals surface area contributed by atoms with Gasteiger partial charge in [0.05, 0.1) is 12.5 Å². The van der Waals surface area contributed by atoms with Gasteiger partial charge in [0.1, 0.15) is 0 Å². The van der Waals surface area contributed by atoms with Crippen LogP contribution in [0.4, 0.5) is 5.69 Å². The summed E-state index contributed by atoms with van der Waals surface area (Å²) in [4.78, 5) is 24.7. The second-order valence-electron chi connectivity index (χ2n) is 5.07. The highest BCUT2D eigenvalue weighted by Crippen LogP contribution is 2.21. The molecule has 2 N–H and O–H groups in total. The van der Waals surface area contributed by atoms with Gasteiger partial charge >= 0.3 is 5.97 Å².